The molecule has 0 aliphatic heterocycles. The Kier molecular flexibility index (Phi) is 7.09. The average Bonchev–Trinajstić information content (AvgIpc) is 2.66. The van der Waals surface area contributed by atoms with E-state index in [1.165, 1.54) is 12.1 Å². The summed E-state index contributed by atoms with van der Waals surface area (Å²) in [6.07, 6.45) is 0. The van der Waals surface area contributed by atoms with Crippen molar-refractivity contribution in [2.24, 2.45) is 0 Å². The highest BCUT2D eigenvalue weighted by molar-refractivity contribution is 7.89. The highest BCUT2D eigenvalue weighted by atomic mass is 32.2. The van der Waals surface area contributed by atoms with Gasteiger partial charge < -0.3 is 10.6 Å². The molecular formula is C19H23N3O4S. The predicted molar refractivity (Wildman–Crippen MR) is 103 cm³/mol. The summed E-state index contributed by atoms with van der Waals surface area (Å²) in [7, 11) is -3.62. The van der Waals surface area contributed by atoms with Gasteiger partial charge in [0.25, 0.3) is 5.91 Å². The third-order valence-corrected chi connectivity index (χ3v) is 5.30. The smallest absolute Gasteiger partial charge is 0.251 e. The van der Waals surface area contributed by atoms with Gasteiger partial charge in [0, 0.05) is 18.7 Å². The molecular weight excluding hydrogens is 366 g/mol. The zero-order valence-electron chi connectivity index (χ0n) is 15.2. The number of amides is 2. The van der Waals surface area contributed by atoms with Crippen molar-refractivity contribution in [3.05, 3.63) is 65.7 Å². The molecule has 0 spiro atoms. The maximum absolute atomic E-state index is 12.1. The molecule has 0 radical (unpaired) electrons. The van der Waals surface area contributed by atoms with Crippen LogP contribution in [-0.4, -0.2) is 39.4 Å². The quantitative estimate of drug-likeness (QED) is 0.590. The first kappa shape index (κ1) is 20.6. The number of rotatable bonds is 8. The van der Waals surface area contributed by atoms with E-state index in [0.717, 1.165) is 5.56 Å². The van der Waals surface area contributed by atoms with Crippen LogP contribution in [0.25, 0.3) is 0 Å². The zero-order chi connectivity index (χ0) is 19.9. The van der Waals surface area contributed by atoms with Crippen molar-refractivity contribution in [1.29, 1.82) is 0 Å². The fourth-order valence-corrected chi connectivity index (χ4v) is 3.29. The molecule has 144 valence electrons. The van der Waals surface area contributed by atoms with Gasteiger partial charge in [-0.3, -0.25) is 9.59 Å². The van der Waals surface area contributed by atoms with Gasteiger partial charge in [0.15, 0.2) is 0 Å². The van der Waals surface area contributed by atoms with E-state index in [9.17, 15) is 18.0 Å². The Hall–Kier alpha value is -2.71. The first-order valence-electron chi connectivity index (χ1n) is 8.49. The molecule has 0 aromatic heterocycles. The Morgan fingerprint density at radius 3 is 2.22 bits per heavy atom. The standard InChI is InChI=1S/C19H23N3O4S/c1-14-8-10-17(11-9-14)27(25,26)21-13-12-20-18(23)15(2)22-19(24)16-6-4-3-5-7-16/h3-11,15,21H,12-13H2,1-2H3,(H,20,23)(H,22,24). The largest absolute Gasteiger partial charge is 0.353 e. The Morgan fingerprint density at radius 2 is 1.59 bits per heavy atom. The van der Waals surface area contributed by atoms with Crippen molar-refractivity contribution in [3.63, 3.8) is 0 Å². The van der Waals surface area contributed by atoms with Crippen LogP contribution in [0.2, 0.25) is 0 Å². The molecule has 1 atom stereocenters. The van der Waals surface area contributed by atoms with Crippen LogP contribution in [0.15, 0.2) is 59.5 Å². The van der Waals surface area contributed by atoms with Gasteiger partial charge in [0.05, 0.1) is 4.90 Å². The molecule has 2 aromatic carbocycles. The molecule has 2 rings (SSSR count). The van der Waals surface area contributed by atoms with E-state index in [2.05, 4.69) is 15.4 Å². The maximum atomic E-state index is 12.1. The van der Waals surface area contributed by atoms with Gasteiger partial charge in [-0.05, 0) is 38.1 Å². The number of benzene rings is 2. The Morgan fingerprint density at radius 1 is 0.963 bits per heavy atom. The number of hydrogen-bond acceptors (Lipinski definition) is 4. The number of carbonyl (C=O) groups is 2. The molecule has 0 aliphatic carbocycles. The van der Waals surface area contributed by atoms with Gasteiger partial charge >= 0.3 is 0 Å². The zero-order valence-corrected chi connectivity index (χ0v) is 16.0. The summed E-state index contributed by atoms with van der Waals surface area (Å²) in [5.74, 6) is -0.743. The van der Waals surface area contributed by atoms with Crippen molar-refractivity contribution in [1.82, 2.24) is 15.4 Å². The second kappa shape index (κ2) is 9.29. The molecule has 0 bridgehead atoms. The van der Waals surface area contributed by atoms with E-state index >= 15 is 0 Å². The lowest BCUT2D eigenvalue weighted by molar-refractivity contribution is -0.122. The number of aryl methyl sites for hydroxylation is 1. The molecule has 8 heteroatoms. The normalized spacial score (nSPS) is 12.2. The number of carbonyl (C=O) groups excluding carboxylic acids is 2. The van der Waals surface area contributed by atoms with Crippen LogP contribution in [0.3, 0.4) is 0 Å². The summed E-state index contributed by atoms with van der Waals surface area (Å²) in [5.41, 5.74) is 1.43. The van der Waals surface area contributed by atoms with Crippen LogP contribution in [0.1, 0.15) is 22.8 Å². The minimum Gasteiger partial charge on any atom is -0.353 e. The first-order valence-corrected chi connectivity index (χ1v) is 9.98. The molecule has 1 unspecified atom stereocenters. The Bertz CT molecular complexity index is 881. The van der Waals surface area contributed by atoms with Gasteiger partial charge in [0.1, 0.15) is 6.04 Å². The number of hydrogen-bond donors (Lipinski definition) is 3. The van der Waals surface area contributed by atoms with E-state index in [1.807, 2.05) is 6.92 Å². The van der Waals surface area contributed by atoms with E-state index in [0.29, 0.717) is 5.56 Å². The molecule has 7 nitrogen and oxygen atoms in total. The lowest BCUT2D eigenvalue weighted by atomic mass is 10.2. The van der Waals surface area contributed by atoms with Crippen LogP contribution in [0.4, 0.5) is 0 Å². The molecule has 0 aliphatic rings. The van der Waals surface area contributed by atoms with Gasteiger partial charge in [-0.25, -0.2) is 13.1 Å². The molecule has 0 fully saturated rings. The fourth-order valence-electron chi connectivity index (χ4n) is 2.26. The maximum Gasteiger partial charge on any atom is 0.251 e. The Labute approximate surface area is 159 Å². The van der Waals surface area contributed by atoms with Crippen LogP contribution in [0.5, 0.6) is 0 Å². The minimum atomic E-state index is -3.62. The van der Waals surface area contributed by atoms with E-state index in [4.69, 9.17) is 0 Å². The third-order valence-electron chi connectivity index (χ3n) is 3.82. The monoisotopic (exact) mass is 389 g/mol. The first-order chi connectivity index (χ1) is 12.8. The highest BCUT2D eigenvalue weighted by Crippen LogP contribution is 2.09. The minimum absolute atomic E-state index is 0.0430. The van der Waals surface area contributed by atoms with Crippen LogP contribution in [-0.2, 0) is 14.8 Å². The van der Waals surface area contributed by atoms with Crippen LogP contribution < -0.4 is 15.4 Å². The van der Waals surface area contributed by atoms with E-state index in [1.54, 1.807) is 49.4 Å². The lowest BCUT2D eigenvalue weighted by Gasteiger charge is -2.14. The summed E-state index contributed by atoms with van der Waals surface area (Å²) >= 11 is 0. The predicted octanol–water partition coefficient (Wildman–Crippen LogP) is 1.21. The summed E-state index contributed by atoms with van der Waals surface area (Å²) in [6, 6.07) is 14.3. The van der Waals surface area contributed by atoms with Crippen molar-refractivity contribution >= 4 is 21.8 Å². The second-order valence-electron chi connectivity index (χ2n) is 6.06. The SMILES string of the molecule is Cc1ccc(S(=O)(=O)NCCNC(=O)C(C)NC(=O)c2ccccc2)cc1. The molecule has 2 aromatic rings. The fraction of sp³-hybridized carbons (Fsp3) is 0.263. The molecule has 0 heterocycles. The average molecular weight is 389 g/mol. The Balaban J connectivity index is 1.76. The highest BCUT2D eigenvalue weighted by Gasteiger charge is 2.17. The van der Waals surface area contributed by atoms with Gasteiger partial charge in [-0.2, -0.15) is 0 Å². The second-order valence-corrected chi connectivity index (χ2v) is 7.83. The topological polar surface area (TPSA) is 104 Å². The summed E-state index contributed by atoms with van der Waals surface area (Å²) in [4.78, 5) is 24.2. The molecule has 2 amide bonds. The summed E-state index contributed by atoms with van der Waals surface area (Å²) < 4.78 is 26.7. The molecule has 0 saturated carbocycles. The molecule has 27 heavy (non-hydrogen) atoms. The van der Waals surface area contributed by atoms with Gasteiger partial charge in [0.2, 0.25) is 15.9 Å². The van der Waals surface area contributed by atoms with Crippen molar-refractivity contribution < 1.29 is 18.0 Å². The van der Waals surface area contributed by atoms with E-state index in [-0.39, 0.29) is 23.9 Å². The number of sulfonamides is 1. The number of nitrogens with one attached hydrogen (secondary N) is 3. The van der Waals surface area contributed by atoms with Crippen molar-refractivity contribution in [3.8, 4) is 0 Å². The van der Waals surface area contributed by atoms with Gasteiger partial charge in [-0.15, -0.1) is 0 Å². The van der Waals surface area contributed by atoms with Gasteiger partial charge in [-0.1, -0.05) is 35.9 Å². The van der Waals surface area contributed by atoms with Crippen molar-refractivity contribution in [2.45, 2.75) is 24.8 Å². The summed E-state index contributed by atoms with van der Waals surface area (Å²) in [6.45, 7) is 3.58. The summed E-state index contributed by atoms with van der Waals surface area (Å²) in [5, 5.41) is 5.19. The lowest BCUT2D eigenvalue weighted by Crippen LogP contribution is -2.46. The van der Waals surface area contributed by atoms with Crippen LogP contribution in [0, 0.1) is 6.92 Å². The third kappa shape index (κ3) is 6.19. The van der Waals surface area contributed by atoms with E-state index < -0.39 is 22.0 Å². The van der Waals surface area contributed by atoms with Crippen molar-refractivity contribution in [2.75, 3.05) is 13.1 Å². The molecule has 3 N–H and O–H groups in total. The molecule has 0 saturated heterocycles. The van der Waals surface area contributed by atoms with Crippen LogP contribution >= 0.6 is 0 Å².